The normalized spacial score (nSPS) is 10.7. The van der Waals surface area contributed by atoms with E-state index in [0.29, 0.717) is 39.7 Å². The third kappa shape index (κ3) is 4.95. The van der Waals surface area contributed by atoms with E-state index >= 15 is 0 Å². The molecule has 1 heterocycles. The van der Waals surface area contributed by atoms with Crippen LogP contribution in [0.4, 0.5) is 10.1 Å². The molecule has 0 spiro atoms. The van der Waals surface area contributed by atoms with Gasteiger partial charge in [-0.1, -0.05) is 47.6 Å². The minimum Gasteiger partial charge on any atom is -0.339 e. The summed E-state index contributed by atoms with van der Waals surface area (Å²) in [5.41, 5.74) is 2.74. The van der Waals surface area contributed by atoms with Crippen molar-refractivity contribution in [2.45, 2.75) is 19.8 Å². The number of aryl methyl sites for hydroxylation is 2. The fraction of sp³-hybridized carbons (Fsp3) is 0.120. The fourth-order valence-electron chi connectivity index (χ4n) is 3.20. The zero-order valence-corrected chi connectivity index (χ0v) is 17.3. The van der Waals surface area contributed by atoms with Crippen LogP contribution in [0, 0.1) is 12.7 Å². The van der Waals surface area contributed by atoms with Crippen molar-refractivity contribution in [1.82, 2.24) is 10.1 Å². The van der Waals surface area contributed by atoms with E-state index < -0.39 is 0 Å². The van der Waals surface area contributed by atoms with Crippen molar-refractivity contribution in [3.05, 3.63) is 101 Å². The Hall–Kier alpha value is -4.13. The average molecular weight is 429 g/mol. The minimum absolute atomic E-state index is 0.115. The summed E-state index contributed by atoms with van der Waals surface area (Å²) in [6.07, 6.45) is 0.378. The van der Waals surface area contributed by atoms with Crippen LogP contribution >= 0.6 is 0 Å². The van der Waals surface area contributed by atoms with E-state index in [1.54, 1.807) is 67.6 Å². The number of ketones is 1. The highest BCUT2D eigenvalue weighted by molar-refractivity contribution is 6.09. The highest BCUT2D eigenvalue weighted by Crippen LogP contribution is 2.20. The molecule has 0 atom stereocenters. The van der Waals surface area contributed by atoms with Gasteiger partial charge in [0.25, 0.3) is 0 Å². The lowest BCUT2D eigenvalue weighted by Gasteiger charge is -2.07. The third-order valence-corrected chi connectivity index (χ3v) is 4.89. The fourth-order valence-corrected chi connectivity index (χ4v) is 3.20. The van der Waals surface area contributed by atoms with Gasteiger partial charge in [0.15, 0.2) is 5.78 Å². The molecule has 4 aromatic rings. The summed E-state index contributed by atoms with van der Waals surface area (Å²) in [5, 5.41) is 6.69. The number of anilines is 1. The van der Waals surface area contributed by atoms with E-state index in [0.717, 1.165) is 0 Å². The highest BCUT2D eigenvalue weighted by atomic mass is 19.1. The van der Waals surface area contributed by atoms with Crippen LogP contribution < -0.4 is 5.32 Å². The molecule has 4 rings (SSSR count). The van der Waals surface area contributed by atoms with Crippen LogP contribution in [0.3, 0.4) is 0 Å². The quantitative estimate of drug-likeness (QED) is 0.419. The van der Waals surface area contributed by atoms with Crippen molar-refractivity contribution in [2.24, 2.45) is 0 Å². The topological polar surface area (TPSA) is 85.1 Å². The smallest absolute Gasteiger partial charge is 0.227 e. The van der Waals surface area contributed by atoms with Crippen molar-refractivity contribution in [2.75, 3.05) is 5.32 Å². The lowest BCUT2D eigenvalue weighted by molar-refractivity contribution is -0.116. The second kappa shape index (κ2) is 9.34. The van der Waals surface area contributed by atoms with E-state index in [9.17, 15) is 14.0 Å². The van der Waals surface area contributed by atoms with Crippen LogP contribution in [0.15, 0.2) is 77.3 Å². The molecule has 1 aromatic heterocycles. The molecular weight excluding hydrogens is 409 g/mol. The molecule has 0 aliphatic carbocycles. The summed E-state index contributed by atoms with van der Waals surface area (Å²) >= 11 is 0. The molecule has 0 bridgehead atoms. The summed E-state index contributed by atoms with van der Waals surface area (Å²) in [6, 6.07) is 20.3. The summed E-state index contributed by atoms with van der Waals surface area (Å²) in [6.45, 7) is 1.66. The Morgan fingerprint density at radius 2 is 1.75 bits per heavy atom. The Morgan fingerprint density at radius 1 is 0.969 bits per heavy atom. The number of rotatable bonds is 7. The molecule has 0 aliphatic heterocycles. The van der Waals surface area contributed by atoms with Gasteiger partial charge < -0.3 is 9.84 Å². The standard InChI is InChI=1S/C25H20FN3O3/c1-16-14-19(10-11-21(16)26)25-28-23(32-29-25)13-12-22(30)27-20-9-5-8-18(15-20)24(31)17-6-3-2-4-7-17/h2-11,14-15H,12-13H2,1H3,(H,27,30). The van der Waals surface area contributed by atoms with Crippen LogP contribution in [0.25, 0.3) is 11.4 Å². The first kappa shape index (κ1) is 21.1. The van der Waals surface area contributed by atoms with Gasteiger partial charge in [0.1, 0.15) is 5.82 Å². The largest absolute Gasteiger partial charge is 0.339 e. The first-order valence-corrected chi connectivity index (χ1v) is 10.1. The Morgan fingerprint density at radius 3 is 2.53 bits per heavy atom. The van der Waals surface area contributed by atoms with Gasteiger partial charge in [-0.05, 0) is 42.8 Å². The highest BCUT2D eigenvalue weighted by Gasteiger charge is 2.13. The molecule has 0 unspecified atom stereocenters. The number of hydrogen-bond donors (Lipinski definition) is 1. The lowest BCUT2D eigenvalue weighted by Crippen LogP contribution is -2.13. The average Bonchev–Trinajstić information content (AvgIpc) is 3.29. The number of aromatic nitrogens is 2. The molecule has 0 saturated carbocycles. The molecule has 0 radical (unpaired) electrons. The maximum absolute atomic E-state index is 13.4. The molecular formula is C25H20FN3O3. The Balaban J connectivity index is 1.36. The van der Waals surface area contributed by atoms with E-state index in [2.05, 4.69) is 15.5 Å². The number of carbonyl (C=O) groups excluding carboxylic acids is 2. The maximum atomic E-state index is 13.4. The molecule has 0 saturated heterocycles. The van der Waals surface area contributed by atoms with E-state index in [1.165, 1.54) is 6.07 Å². The number of benzene rings is 3. The predicted octanol–water partition coefficient (Wildman–Crippen LogP) is 4.99. The van der Waals surface area contributed by atoms with Gasteiger partial charge in [-0.25, -0.2) is 4.39 Å². The minimum atomic E-state index is -0.302. The predicted molar refractivity (Wildman–Crippen MR) is 118 cm³/mol. The van der Waals surface area contributed by atoms with Gasteiger partial charge in [0, 0.05) is 35.2 Å². The van der Waals surface area contributed by atoms with Crippen LogP contribution in [-0.2, 0) is 11.2 Å². The molecule has 6 nitrogen and oxygen atoms in total. The number of halogens is 1. The summed E-state index contributed by atoms with van der Waals surface area (Å²) in [7, 11) is 0. The van der Waals surface area contributed by atoms with Crippen LogP contribution in [0.2, 0.25) is 0 Å². The lowest BCUT2D eigenvalue weighted by atomic mass is 10.0. The Labute approximate surface area is 184 Å². The zero-order valence-electron chi connectivity index (χ0n) is 17.3. The van der Waals surface area contributed by atoms with E-state index in [-0.39, 0.29) is 30.3 Å². The van der Waals surface area contributed by atoms with Gasteiger partial charge in [0.05, 0.1) is 0 Å². The van der Waals surface area contributed by atoms with Crippen molar-refractivity contribution in [3.8, 4) is 11.4 Å². The van der Waals surface area contributed by atoms with Gasteiger partial charge in [-0.15, -0.1) is 0 Å². The second-order valence-electron chi connectivity index (χ2n) is 7.30. The summed E-state index contributed by atoms with van der Waals surface area (Å²) in [4.78, 5) is 29.2. The summed E-state index contributed by atoms with van der Waals surface area (Å²) in [5.74, 6) is -0.00718. The SMILES string of the molecule is Cc1cc(-c2noc(CCC(=O)Nc3cccc(C(=O)c4ccccc4)c3)n2)ccc1F. The second-order valence-corrected chi connectivity index (χ2v) is 7.30. The Kier molecular flexibility index (Phi) is 6.17. The number of amides is 1. The molecule has 0 fully saturated rings. The van der Waals surface area contributed by atoms with Gasteiger partial charge in [-0.2, -0.15) is 4.98 Å². The number of hydrogen-bond acceptors (Lipinski definition) is 5. The molecule has 1 amide bonds. The van der Waals surface area contributed by atoms with Crippen molar-refractivity contribution < 1.29 is 18.5 Å². The molecule has 160 valence electrons. The van der Waals surface area contributed by atoms with Gasteiger partial charge in [-0.3, -0.25) is 9.59 Å². The van der Waals surface area contributed by atoms with Gasteiger partial charge in [0.2, 0.25) is 17.6 Å². The summed E-state index contributed by atoms with van der Waals surface area (Å²) < 4.78 is 18.6. The zero-order chi connectivity index (χ0) is 22.5. The first-order chi connectivity index (χ1) is 15.5. The van der Waals surface area contributed by atoms with Crippen molar-refractivity contribution in [3.63, 3.8) is 0 Å². The van der Waals surface area contributed by atoms with Crippen LogP contribution in [-0.4, -0.2) is 21.8 Å². The van der Waals surface area contributed by atoms with E-state index in [1.807, 2.05) is 6.07 Å². The molecule has 3 aromatic carbocycles. The molecule has 7 heteroatoms. The Bertz CT molecular complexity index is 1270. The molecule has 0 aliphatic rings. The third-order valence-electron chi connectivity index (χ3n) is 4.89. The maximum Gasteiger partial charge on any atom is 0.227 e. The van der Waals surface area contributed by atoms with Crippen molar-refractivity contribution >= 4 is 17.4 Å². The van der Waals surface area contributed by atoms with E-state index in [4.69, 9.17) is 4.52 Å². The first-order valence-electron chi connectivity index (χ1n) is 10.1. The van der Waals surface area contributed by atoms with Crippen LogP contribution in [0.5, 0.6) is 0 Å². The molecule has 32 heavy (non-hydrogen) atoms. The monoisotopic (exact) mass is 429 g/mol. The number of nitrogens with zero attached hydrogens (tertiary/aromatic N) is 2. The van der Waals surface area contributed by atoms with Gasteiger partial charge >= 0.3 is 0 Å². The van der Waals surface area contributed by atoms with Crippen molar-refractivity contribution in [1.29, 1.82) is 0 Å². The molecule has 1 N–H and O–H groups in total. The number of nitrogens with one attached hydrogen (secondary N) is 1. The van der Waals surface area contributed by atoms with Crippen LogP contribution in [0.1, 0.15) is 33.8 Å². The number of carbonyl (C=O) groups is 2.